The maximum atomic E-state index is 13.7. The smallest absolute Gasteiger partial charge is 0.264 e. The molecule has 196 valence electrons. The summed E-state index contributed by atoms with van der Waals surface area (Å²) in [7, 11) is -2.82. The van der Waals surface area contributed by atoms with Crippen molar-refractivity contribution in [3.8, 4) is 0 Å². The summed E-state index contributed by atoms with van der Waals surface area (Å²) in [4.78, 5) is 27.5. The van der Waals surface area contributed by atoms with E-state index >= 15 is 0 Å². The molecule has 0 aliphatic heterocycles. The number of nitrogens with one attached hydrogen (secondary N) is 1. The normalized spacial score (nSPS) is 12.1. The molecule has 0 saturated carbocycles. The molecular weight excluding hydrogens is 580 g/mol. The first-order valence-electron chi connectivity index (χ1n) is 10.9. The molecule has 3 rings (SSSR count). The minimum Gasteiger partial charge on any atom is -0.357 e. The Morgan fingerprint density at radius 3 is 2.22 bits per heavy atom. The zero-order chi connectivity index (χ0) is 27.3. The van der Waals surface area contributed by atoms with Crippen LogP contribution in [0.4, 0.5) is 5.69 Å². The molecule has 0 radical (unpaired) electrons. The van der Waals surface area contributed by atoms with Crippen molar-refractivity contribution < 1.29 is 18.0 Å². The fourth-order valence-electron chi connectivity index (χ4n) is 3.54. The van der Waals surface area contributed by atoms with E-state index in [1.807, 2.05) is 0 Å². The lowest BCUT2D eigenvalue weighted by Gasteiger charge is -2.32. The van der Waals surface area contributed by atoms with E-state index in [-0.39, 0.29) is 27.2 Å². The lowest BCUT2D eigenvalue weighted by molar-refractivity contribution is -0.139. The first-order valence-corrected chi connectivity index (χ1v) is 13.9. The van der Waals surface area contributed by atoms with Crippen LogP contribution in [0, 0.1) is 0 Å². The van der Waals surface area contributed by atoms with Crippen LogP contribution >= 0.6 is 46.4 Å². The van der Waals surface area contributed by atoms with E-state index < -0.39 is 34.4 Å². The highest BCUT2D eigenvalue weighted by Crippen LogP contribution is 2.35. The molecular formula is C25H23Cl4N3O4S. The van der Waals surface area contributed by atoms with Crippen LogP contribution in [0.15, 0.2) is 71.6 Å². The molecule has 0 saturated heterocycles. The second-order valence-electron chi connectivity index (χ2n) is 7.95. The van der Waals surface area contributed by atoms with Crippen LogP contribution in [-0.2, 0) is 26.2 Å². The van der Waals surface area contributed by atoms with Crippen LogP contribution in [0.5, 0.6) is 0 Å². The van der Waals surface area contributed by atoms with Gasteiger partial charge in [0.25, 0.3) is 10.0 Å². The Hall–Kier alpha value is -2.49. The van der Waals surface area contributed by atoms with Crippen LogP contribution in [0.2, 0.25) is 20.1 Å². The highest BCUT2D eigenvalue weighted by atomic mass is 35.5. The molecule has 0 aliphatic carbocycles. The zero-order valence-corrected chi connectivity index (χ0v) is 23.6. The number of likely N-dealkylation sites (N-methyl/N-ethyl adjacent to an activating group) is 1. The summed E-state index contributed by atoms with van der Waals surface area (Å²) in [5.74, 6) is -1.12. The molecule has 12 heteroatoms. The van der Waals surface area contributed by atoms with Crippen LogP contribution < -0.4 is 9.62 Å². The Morgan fingerprint density at radius 2 is 1.59 bits per heavy atom. The van der Waals surface area contributed by atoms with E-state index in [1.165, 1.54) is 55.3 Å². The van der Waals surface area contributed by atoms with E-state index in [9.17, 15) is 18.0 Å². The van der Waals surface area contributed by atoms with Gasteiger partial charge in [-0.25, -0.2) is 8.42 Å². The lowest BCUT2D eigenvalue weighted by Crippen LogP contribution is -2.50. The zero-order valence-electron chi connectivity index (χ0n) is 19.8. The summed E-state index contributed by atoms with van der Waals surface area (Å²) in [6.07, 6.45) is 0. The third kappa shape index (κ3) is 6.69. The third-order valence-corrected chi connectivity index (χ3v) is 8.75. The van der Waals surface area contributed by atoms with Crippen LogP contribution in [0.3, 0.4) is 0 Å². The van der Waals surface area contributed by atoms with Crippen molar-refractivity contribution >= 4 is 73.9 Å². The predicted molar refractivity (Wildman–Crippen MR) is 148 cm³/mol. The highest BCUT2D eigenvalue weighted by Gasteiger charge is 2.33. The van der Waals surface area contributed by atoms with Gasteiger partial charge in [-0.3, -0.25) is 13.9 Å². The second-order valence-corrected chi connectivity index (χ2v) is 11.4. The van der Waals surface area contributed by atoms with Gasteiger partial charge in [-0.15, -0.1) is 0 Å². The van der Waals surface area contributed by atoms with Gasteiger partial charge in [-0.1, -0.05) is 76.7 Å². The molecule has 0 bridgehead atoms. The first-order chi connectivity index (χ1) is 17.5. The van der Waals surface area contributed by atoms with Crippen molar-refractivity contribution in [1.29, 1.82) is 0 Å². The summed E-state index contributed by atoms with van der Waals surface area (Å²) in [6, 6.07) is 15.9. The molecule has 0 spiro atoms. The quantitative estimate of drug-likeness (QED) is 0.342. The maximum absolute atomic E-state index is 13.7. The van der Waals surface area contributed by atoms with Crippen molar-refractivity contribution in [3.63, 3.8) is 0 Å². The topological polar surface area (TPSA) is 86.8 Å². The van der Waals surface area contributed by atoms with Crippen LogP contribution in [0.1, 0.15) is 12.5 Å². The van der Waals surface area contributed by atoms with Crippen molar-refractivity contribution in [2.24, 2.45) is 0 Å². The fourth-order valence-corrected chi connectivity index (χ4v) is 5.91. The lowest BCUT2D eigenvalue weighted by atomic mass is 10.1. The number of sulfonamides is 1. The number of hydrogen-bond acceptors (Lipinski definition) is 4. The number of carbonyl (C=O) groups excluding carboxylic acids is 2. The van der Waals surface area contributed by atoms with Gasteiger partial charge in [-0.05, 0) is 48.9 Å². The Morgan fingerprint density at radius 1 is 0.919 bits per heavy atom. The summed E-state index contributed by atoms with van der Waals surface area (Å²) >= 11 is 24.9. The highest BCUT2D eigenvalue weighted by molar-refractivity contribution is 7.92. The Labute approximate surface area is 235 Å². The number of anilines is 1. The molecule has 2 amide bonds. The van der Waals surface area contributed by atoms with Crippen molar-refractivity contribution in [1.82, 2.24) is 10.2 Å². The van der Waals surface area contributed by atoms with Gasteiger partial charge < -0.3 is 10.2 Å². The second kappa shape index (κ2) is 12.4. The summed E-state index contributed by atoms with van der Waals surface area (Å²) in [5.41, 5.74) is 0.539. The van der Waals surface area contributed by atoms with Gasteiger partial charge in [0.05, 0.1) is 20.6 Å². The third-order valence-electron chi connectivity index (χ3n) is 5.58. The number of halogens is 4. The van der Waals surface area contributed by atoms with E-state index in [0.29, 0.717) is 15.6 Å². The predicted octanol–water partition coefficient (Wildman–Crippen LogP) is 5.66. The minimum absolute atomic E-state index is 0.0171. The summed E-state index contributed by atoms with van der Waals surface area (Å²) < 4.78 is 28.3. The number of rotatable bonds is 9. The Bertz CT molecular complexity index is 1400. The monoisotopic (exact) mass is 601 g/mol. The molecule has 3 aromatic carbocycles. The van der Waals surface area contributed by atoms with Gasteiger partial charge in [0.15, 0.2) is 0 Å². The van der Waals surface area contributed by atoms with Gasteiger partial charge in [-0.2, -0.15) is 0 Å². The first kappa shape index (κ1) is 29.1. The van der Waals surface area contributed by atoms with E-state index in [2.05, 4.69) is 5.32 Å². The molecule has 1 atom stereocenters. The molecule has 1 N–H and O–H groups in total. The van der Waals surface area contributed by atoms with Gasteiger partial charge >= 0.3 is 0 Å². The van der Waals surface area contributed by atoms with Gasteiger partial charge in [0.1, 0.15) is 12.6 Å². The van der Waals surface area contributed by atoms with Crippen molar-refractivity contribution in [3.05, 3.63) is 92.4 Å². The van der Waals surface area contributed by atoms with E-state index in [4.69, 9.17) is 46.4 Å². The summed E-state index contributed by atoms with van der Waals surface area (Å²) in [6.45, 7) is 0.790. The molecule has 0 aliphatic rings. The molecule has 1 unspecified atom stereocenters. The van der Waals surface area contributed by atoms with Crippen molar-refractivity contribution in [2.45, 2.75) is 24.4 Å². The SMILES string of the molecule is CNC(=O)C(C)N(Cc1ccc(Cl)cc1Cl)C(=O)CN(c1cccc(Cl)c1Cl)S(=O)(=O)c1ccccc1. The minimum atomic E-state index is -4.26. The van der Waals surface area contributed by atoms with Gasteiger partial charge in [0, 0.05) is 23.6 Å². The standard InChI is InChI=1S/C25H23Cl4N3O4S/c1-16(25(34)30-2)31(14-17-11-12-18(26)13-21(17)28)23(33)15-32(22-10-6-9-20(27)24(22)29)37(35,36)19-7-4-3-5-8-19/h3-13,16H,14-15H2,1-2H3,(H,30,34). The fraction of sp³-hybridized carbons (Fsp3) is 0.200. The maximum Gasteiger partial charge on any atom is 0.264 e. The molecule has 37 heavy (non-hydrogen) atoms. The molecule has 0 heterocycles. The number of carbonyl (C=O) groups is 2. The average molecular weight is 603 g/mol. The number of benzene rings is 3. The number of amides is 2. The number of hydrogen-bond donors (Lipinski definition) is 1. The van der Waals surface area contributed by atoms with E-state index in [1.54, 1.807) is 30.3 Å². The van der Waals surface area contributed by atoms with Crippen molar-refractivity contribution in [2.75, 3.05) is 17.9 Å². The molecule has 0 fully saturated rings. The van der Waals surface area contributed by atoms with E-state index in [0.717, 1.165) is 4.31 Å². The Kier molecular flexibility index (Phi) is 9.72. The van der Waals surface area contributed by atoms with Gasteiger partial charge in [0.2, 0.25) is 11.8 Å². The average Bonchev–Trinajstić information content (AvgIpc) is 2.88. The molecule has 7 nitrogen and oxygen atoms in total. The molecule has 0 aromatic heterocycles. The molecule has 3 aromatic rings. The Balaban J connectivity index is 2.08. The van der Waals surface area contributed by atoms with Crippen LogP contribution in [0.25, 0.3) is 0 Å². The largest absolute Gasteiger partial charge is 0.357 e. The number of nitrogens with zero attached hydrogens (tertiary/aromatic N) is 2. The summed E-state index contributed by atoms with van der Waals surface area (Å²) in [5, 5.41) is 3.28. The van der Waals surface area contributed by atoms with Crippen LogP contribution in [-0.4, -0.2) is 44.8 Å².